The number of carbonyl (C=O) groups excluding carboxylic acids is 2. The van der Waals surface area contributed by atoms with Gasteiger partial charge in [0.05, 0.1) is 19.1 Å². The summed E-state index contributed by atoms with van der Waals surface area (Å²) in [6.07, 6.45) is 4.84. The van der Waals surface area contributed by atoms with Crippen LogP contribution in [-0.2, 0) is 9.59 Å². The summed E-state index contributed by atoms with van der Waals surface area (Å²) in [6.45, 7) is 0.354. The third-order valence-electron chi connectivity index (χ3n) is 5.46. The van der Waals surface area contributed by atoms with Crippen LogP contribution in [0.15, 0.2) is 48.7 Å². The highest BCUT2D eigenvalue weighted by molar-refractivity contribution is 7.98. The van der Waals surface area contributed by atoms with Crippen LogP contribution in [0.2, 0.25) is 0 Å². The molecule has 4 rings (SSSR count). The largest absolute Gasteiger partial charge is 0.497 e. The number of fused-ring (bicyclic) bond motifs is 1. The molecule has 2 unspecified atom stereocenters. The first-order valence-electron chi connectivity index (χ1n) is 10.1. The number of hydrogen-bond donors (Lipinski definition) is 1. The summed E-state index contributed by atoms with van der Waals surface area (Å²) in [7, 11) is 1.60. The number of nitrogens with one attached hydrogen (secondary N) is 1. The Morgan fingerprint density at radius 2 is 2.06 bits per heavy atom. The monoisotopic (exact) mass is 439 g/mol. The number of pyridine rings is 1. The zero-order chi connectivity index (χ0) is 21.8. The van der Waals surface area contributed by atoms with Gasteiger partial charge in [0.15, 0.2) is 11.5 Å². The zero-order valence-electron chi connectivity index (χ0n) is 17.5. The minimum atomic E-state index is -0.412. The summed E-state index contributed by atoms with van der Waals surface area (Å²) in [5, 5.41) is 11.7. The maximum Gasteiger partial charge on any atom is 0.227 e. The molecule has 162 valence electrons. The molecule has 1 N–H and O–H groups in total. The van der Waals surface area contributed by atoms with E-state index < -0.39 is 5.92 Å². The third kappa shape index (κ3) is 4.51. The van der Waals surface area contributed by atoms with E-state index in [9.17, 15) is 9.59 Å². The van der Waals surface area contributed by atoms with E-state index in [4.69, 9.17) is 4.74 Å². The number of anilines is 1. The van der Waals surface area contributed by atoms with Crippen LogP contribution in [0.5, 0.6) is 5.75 Å². The molecule has 0 radical (unpaired) electrons. The van der Waals surface area contributed by atoms with Crippen LogP contribution < -0.4 is 15.0 Å². The van der Waals surface area contributed by atoms with Gasteiger partial charge in [-0.25, -0.2) is 0 Å². The summed E-state index contributed by atoms with van der Waals surface area (Å²) < 4.78 is 7.08. The molecule has 2 atom stereocenters. The Kier molecular flexibility index (Phi) is 6.41. The minimum Gasteiger partial charge on any atom is -0.497 e. The maximum atomic E-state index is 13.1. The van der Waals surface area contributed by atoms with Gasteiger partial charge in [0.25, 0.3) is 0 Å². The number of thioether (sulfide) groups is 1. The second-order valence-electron chi connectivity index (χ2n) is 7.43. The number of nitrogens with zero attached hydrogens (tertiary/aromatic N) is 4. The topological polar surface area (TPSA) is 88.8 Å². The van der Waals surface area contributed by atoms with Crippen LogP contribution in [-0.4, -0.2) is 52.1 Å². The van der Waals surface area contributed by atoms with Crippen molar-refractivity contribution < 1.29 is 14.3 Å². The molecule has 0 saturated carbocycles. The molecular weight excluding hydrogens is 414 g/mol. The van der Waals surface area contributed by atoms with Crippen molar-refractivity contribution in [2.24, 2.45) is 5.92 Å². The molecule has 3 aromatic rings. The van der Waals surface area contributed by atoms with Crippen molar-refractivity contribution in [3.05, 3.63) is 54.5 Å². The number of aromatic nitrogens is 3. The Balaban J connectivity index is 1.49. The highest BCUT2D eigenvalue weighted by atomic mass is 32.2. The molecule has 1 aliphatic rings. The van der Waals surface area contributed by atoms with Crippen LogP contribution in [0.1, 0.15) is 24.7 Å². The summed E-state index contributed by atoms with van der Waals surface area (Å²) in [5.74, 6) is 1.69. The molecule has 0 bridgehead atoms. The first kappa shape index (κ1) is 21.2. The lowest BCUT2D eigenvalue weighted by atomic mass is 10.1. The van der Waals surface area contributed by atoms with Crippen molar-refractivity contribution in [3.8, 4) is 5.75 Å². The van der Waals surface area contributed by atoms with E-state index in [0.717, 1.165) is 29.3 Å². The summed E-state index contributed by atoms with van der Waals surface area (Å²) >= 11 is 1.71. The minimum absolute atomic E-state index is 0.0566. The van der Waals surface area contributed by atoms with Gasteiger partial charge in [-0.1, -0.05) is 6.07 Å². The Hall–Kier alpha value is -3.07. The molecule has 1 saturated heterocycles. The van der Waals surface area contributed by atoms with E-state index in [2.05, 4.69) is 15.5 Å². The van der Waals surface area contributed by atoms with Gasteiger partial charge in [-0.3, -0.25) is 14.0 Å². The molecule has 1 fully saturated rings. The van der Waals surface area contributed by atoms with Gasteiger partial charge in [-0.15, -0.1) is 10.2 Å². The lowest BCUT2D eigenvalue weighted by molar-refractivity contribution is -0.127. The number of hydrogen-bond acceptors (Lipinski definition) is 6. The molecular formula is C22H25N5O3S. The molecule has 2 aromatic heterocycles. The van der Waals surface area contributed by atoms with Crippen molar-refractivity contribution in [1.82, 2.24) is 19.9 Å². The number of carbonyl (C=O) groups is 2. The third-order valence-corrected chi connectivity index (χ3v) is 6.10. The average Bonchev–Trinajstić information content (AvgIpc) is 3.40. The molecule has 0 spiro atoms. The Morgan fingerprint density at radius 3 is 2.81 bits per heavy atom. The van der Waals surface area contributed by atoms with Crippen molar-refractivity contribution in [2.45, 2.75) is 18.9 Å². The summed E-state index contributed by atoms with van der Waals surface area (Å²) in [4.78, 5) is 27.3. The van der Waals surface area contributed by atoms with Crippen LogP contribution in [0.25, 0.3) is 5.65 Å². The Bertz CT molecular complexity index is 1070. The first-order valence-corrected chi connectivity index (χ1v) is 11.5. The molecule has 0 aliphatic carbocycles. The van der Waals surface area contributed by atoms with Gasteiger partial charge in [0.2, 0.25) is 11.8 Å². The van der Waals surface area contributed by atoms with Crippen molar-refractivity contribution in [2.75, 3.05) is 30.6 Å². The van der Waals surface area contributed by atoms with Crippen molar-refractivity contribution >= 4 is 34.9 Å². The second-order valence-corrected chi connectivity index (χ2v) is 8.42. The van der Waals surface area contributed by atoms with Crippen LogP contribution in [0, 0.1) is 5.92 Å². The van der Waals surface area contributed by atoms with Crippen molar-refractivity contribution in [3.63, 3.8) is 0 Å². The molecule has 3 heterocycles. The number of ether oxygens (including phenoxy) is 1. The highest BCUT2D eigenvalue weighted by Crippen LogP contribution is 2.28. The Morgan fingerprint density at radius 1 is 1.26 bits per heavy atom. The fourth-order valence-corrected chi connectivity index (χ4v) is 4.25. The number of amides is 2. The van der Waals surface area contributed by atoms with E-state index in [1.165, 1.54) is 0 Å². The van der Waals surface area contributed by atoms with Gasteiger partial charge < -0.3 is 15.0 Å². The SMILES string of the molecule is COc1ccc(N2CC(C(=O)NC(CCSC)c3nnc4ccccn34)CC2=O)cc1. The van der Waals surface area contributed by atoms with Gasteiger partial charge in [0.1, 0.15) is 5.75 Å². The lowest BCUT2D eigenvalue weighted by Crippen LogP contribution is -2.36. The van der Waals surface area contributed by atoms with Gasteiger partial charge in [-0.2, -0.15) is 11.8 Å². The van der Waals surface area contributed by atoms with E-state index >= 15 is 0 Å². The molecule has 1 aromatic carbocycles. The summed E-state index contributed by atoms with van der Waals surface area (Å²) in [5.41, 5.74) is 1.51. The predicted octanol–water partition coefficient (Wildman–Crippen LogP) is 2.70. The first-order chi connectivity index (χ1) is 15.1. The van der Waals surface area contributed by atoms with Crippen LogP contribution >= 0.6 is 11.8 Å². The fourth-order valence-electron chi connectivity index (χ4n) is 3.78. The van der Waals surface area contributed by atoms with E-state index in [1.807, 2.05) is 59.3 Å². The van der Waals surface area contributed by atoms with Crippen LogP contribution in [0.4, 0.5) is 5.69 Å². The van der Waals surface area contributed by atoms with Gasteiger partial charge in [-0.05, 0) is 54.8 Å². The van der Waals surface area contributed by atoms with E-state index in [1.54, 1.807) is 23.8 Å². The highest BCUT2D eigenvalue weighted by Gasteiger charge is 2.36. The van der Waals surface area contributed by atoms with Gasteiger partial charge in [0, 0.05) is 24.8 Å². The Labute approximate surface area is 185 Å². The number of benzene rings is 1. The summed E-state index contributed by atoms with van der Waals surface area (Å²) in [6, 6.07) is 12.7. The number of methoxy groups -OCH3 is 1. The second kappa shape index (κ2) is 9.38. The average molecular weight is 440 g/mol. The smallest absolute Gasteiger partial charge is 0.227 e. The van der Waals surface area contributed by atoms with E-state index in [-0.39, 0.29) is 24.3 Å². The zero-order valence-corrected chi connectivity index (χ0v) is 18.3. The molecule has 1 aliphatic heterocycles. The maximum absolute atomic E-state index is 13.1. The molecule has 8 nitrogen and oxygen atoms in total. The van der Waals surface area contributed by atoms with Crippen LogP contribution in [0.3, 0.4) is 0 Å². The van der Waals surface area contributed by atoms with E-state index in [0.29, 0.717) is 12.4 Å². The van der Waals surface area contributed by atoms with Crippen molar-refractivity contribution in [1.29, 1.82) is 0 Å². The van der Waals surface area contributed by atoms with Gasteiger partial charge >= 0.3 is 0 Å². The normalized spacial score (nSPS) is 17.2. The molecule has 31 heavy (non-hydrogen) atoms. The predicted molar refractivity (Wildman–Crippen MR) is 120 cm³/mol. The fraction of sp³-hybridized carbons (Fsp3) is 0.364. The number of rotatable bonds is 8. The molecule has 9 heteroatoms. The standard InChI is InChI=1S/C22H25N5O3S/c1-30-17-8-6-16(7-9-17)27-14-15(13-20(27)28)22(29)23-18(10-12-31-2)21-25-24-19-5-3-4-11-26(19)21/h3-9,11,15,18H,10,12-14H2,1-2H3,(H,23,29). The quantitative estimate of drug-likeness (QED) is 0.581. The lowest BCUT2D eigenvalue weighted by Gasteiger charge is -2.20. The molecule has 2 amide bonds.